The van der Waals surface area contributed by atoms with Crippen LogP contribution in [-0.4, -0.2) is 37.5 Å². The highest BCUT2D eigenvalue weighted by Gasteiger charge is 2.56. The van der Waals surface area contributed by atoms with Crippen molar-refractivity contribution in [2.45, 2.75) is 38.0 Å². The minimum absolute atomic E-state index is 0.00326. The molecule has 138 valence electrons. The molecule has 3 rings (SSSR count). The number of nitrogens with one attached hydrogen (secondary N) is 1. The van der Waals surface area contributed by atoms with Crippen molar-refractivity contribution in [2.75, 3.05) is 0 Å². The van der Waals surface area contributed by atoms with E-state index in [0.29, 0.717) is 11.1 Å². The maximum Gasteiger partial charge on any atom is 0.335 e. The van der Waals surface area contributed by atoms with Crippen molar-refractivity contribution >= 4 is 5.97 Å². The zero-order valence-corrected chi connectivity index (χ0v) is 14.0. The molecule has 0 spiro atoms. The Bertz CT molecular complexity index is 980. The van der Waals surface area contributed by atoms with E-state index in [0.717, 1.165) is 23.8 Å². The molecule has 1 saturated heterocycles. The van der Waals surface area contributed by atoms with Gasteiger partial charge in [-0.3, -0.25) is 14.3 Å². The number of aromatic amines is 1. The third-order valence-electron chi connectivity index (χ3n) is 4.64. The van der Waals surface area contributed by atoms with Crippen LogP contribution in [0.3, 0.4) is 0 Å². The van der Waals surface area contributed by atoms with Gasteiger partial charge >= 0.3 is 11.7 Å². The SMILES string of the molecule is Cc1c(C(=O)O)cccc1[C@H]1O[C@@H](n2ccc(=O)[nH]c2=O)[C@](C)(F)[C@@H]1O. The van der Waals surface area contributed by atoms with Crippen LogP contribution in [0.25, 0.3) is 0 Å². The number of carboxylic acid groups (broad SMARTS) is 1. The van der Waals surface area contributed by atoms with Crippen LogP contribution in [0.15, 0.2) is 40.1 Å². The number of rotatable bonds is 3. The van der Waals surface area contributed by atoms with Crippen LogP contribution in [0.2, 0.25) is 0 Å². The number of aliphatic hydroxyl groups is 1. The van der Waals surface area contributed by atoms with Gasteiger partial charge in [0.05, 0.1) is 5.56 Å². The summed E-state index contributed by atoms with van der Waals surface area (Å²) in [6, 6.07) is 5.43. The summed E-state index contributed by atoms with van der Waals surface area (Å²) < 4.78 is 21.7. The molecule has 1 aromatic carbocycles. The number of aliphatic hydroxyl groups excluding tert-OH is 1. The molecule has 3 N–H and O–H groups in total. The van der Waals surface area contributed by atoms with Gasteiger partial charge in [0.25, 0.3) is 5.56 Å². The molecule has 0 radical (unpaired) electrons. The van der Waals surface area contributed by atoms with Crippen LogP contribution >= 0.6 is 0 Å². The van der Waals surface area contributed by atoms with E-state index in [2.05, 4.69) is 0 Å². The predicted octanol–water partition coefficient (Wildman–Crippen LogP) is 0.902. The second kappa shape index (κ2) is 6.19. The topological polar surface area (TPSA) is 122 Å². The molecule has 1 aliphatic heterocycles. The highest BCUT2D eigenvalue weighted by molar-refractivity contribution is 5.89. The molecule has 2 aromatic rings. The Morgan fingerprint density at radius 3 is 2.65 bits per heavy atom. The predicted molar refractivity (Wildman–Crippen MR) is 87.8 cm³/mol. The fourth-order valence-electron chi connectivity index (χ4n) is 3.17. The van der Waals surface area contributed by atoms with E-state index in [-0.39, 0.29) is 5.56 Å². The number of ether oxygens (including phenoxy) is 1. The second-order valence-corrected chi connectivity index (χ2v) is 6.35. The molecular weight excluding hydrogens is 347 g/mol. The van der Waals surface area contributed by atoms with Gasteiger partial charge < -0.3 is 14.9 Å². The molecule has 2 heterocycles. The van der Waals surface area contributed by atoms with Crippen molar-refractivity contribution < 1.29 is 24.1 Å². The highest BCUT2D eigenvalue weighted by atomic mass is 19.1. The average Bonchev–Trinajstić information content (AvgIpc) is 2.78. The molecule has 1 aromatic heterocycles. The Hall–Kier alpha value is -2.78. The van der Waals surface area contributed by atoms with E-state index in [4.69, 9.17) is 4.74 Å². The fourth-order valence-corrected chi connectivity index (χ4v) is 3.17. The van der Waals surface area contributed by atoms with Crippen molar-refractivity contribution in [2.24, 2.45) is 0 Å². The molecule has 0 amide bonds. The molecule has 0 bridgehead atoms. The molecule has 26 heavy (non-hydrogen) atoms. The number of halogens is 1. The van der Waals surface area contributed by atoms with Crippen LogP contribution in [-0.2, 0) is 4.74 Å². The molecular formula is C17H17FN2O6. The van der Waals surface area contributed by atoms with E-state index in [1.807, 2.05) is 4.98 Å². The summed E-state index contributed by atoms with van der Waals surface area (Å²) >= 11 is 0. The second-order valence-electron chi connectivity index (χ2n) is 6.35. The number of nitrogens with zero attached hydrogens (tertiary/aromatic N) is 1. The summed E-state index contributed by atoms with van der Waals surface area (Å²) in [5.74, 6) is -1.16. The zero-order valence-electron chi connectivity index (χ0n) is 14.0. The van der Waals surface area contributed by atoms with E-state index in [1.54, 1.807) is 0 Å². The van der Waals surface area contributed by atoms with Crippen LogP contribution in [0.4, 0.5) is 4.39 Å². The molecule has 0 saturated carbocycles. The van der Waals surface area contributed by atoms with Crippen LogP contribution < -0.4 is 11.2 Å². The van der Waals surface area contributed by atoms with Gasteiger partial charge in [-0.15, -0.1) is 0 Å². The lowest BCUT2D eigenvalue weighted by Gasteiger charge is -2.24. The first-order valence-electron chi connectivity index (χ1n) is 7.81. The number of hydrogen-bond acceptors (Lipinski definition) is 5. The monoisotopic (exact) mass is 364 g/mol. The normalized spacial score (nSPS) is 28.2. The maximum atomic E-state index is 15.2. The number of carbonyl (C=O) groups is 1. The Labute approximate surface area is 146 Å². The van der Waals surface area contributed by atoms with Crippen LogP contribution in [0.1, 0.15) is 40.7 Å². The number of H-pyrrole nitrogens is 1. The van der Waals surface area contributed by atoms with Gasteiger partial charge in [0, 0.05) is 12.3 Å². The number of hydrogen-bond donors (Lipinski definition) is 3. The van der Waals surface area contributed by atoms with Crippen molar-refractivity contribution in [3.8, 4) is 0 Å². The number of aromatic nitrogens is 2. The molecule has 4 atom stereocenters. The standard InChI is InChI=1S/C17H17FN2O6/c1-8-9(4-3-5-10(8)14(23)24)12-13(22)17(2,18)15(26-12)20-7-6-11(21)19-16(20)25/h3-7,12-13,15,22H,1-2H3,(H,23,24)(H,19,21,25)/t12-,13-,15-,17-/m1/s1. The van der Waals surface area contributed by atoms with E-state index in [1.165, 1.54) is 25.1 Å². The Balaban J connectivity index is 2.08. The lowest BCUT2D eigenvalue weighted by Crippen LogP contribution is -2.42. The smallest absolute Gasteiger partial charge is 0.335 e. The number of aromatic carboxylic acids is 1. The van der Waals surface area contributed by atoms with Gasteiger partial charge in [0.15, 0.2) is 11.9 Å². The average molecular weight is 364 g/mol. The van der Waals surface area contributed by atoms with Gasteiger partial charge in [0.1, 0.15) is 12.2 Å². The van der Waals surface area contributed by atoms with E-state index in [9.17, 15) is 24.6 Å². The van der Waals surface area contributed by atoms with Gasteiger partial charge in [0.2, 0.25) is 0 Å². The van der Waals surface area contributed by atoms with Crippen LogP contribution in [0.5, 0.6) is 0 Å². The zero-order chi connectivity index (χ0) is 19.2. The Kier molecular flexibility index (Phi) is 4.29. The summed E-state index contributed by atoms with van der Waals surface area (Å²) in [7, 11) is 0. The van der Waals surface area contributed by atoms with Crippen molar-refractivity contribution in [1.29, 1.82) is 0 Å². The molecule has 1 aliphatic rings. The van der Waals surface area contributed by atoms with E-state index >= 15 is 4.39 Å². The van der Waals surface area contributed by atoms with Crippen LogP contribution in [0, 0.1) is 6.92 Å². The van der Waals surface area contributed by atoms with Gasteiger partial charge in [-0.1, -0.05) is 12.1 Å². The summed E-state index contributed by atoms with van der Waals surface area (Å²) in [5.41, 5.74) is -3.25. The van der Waals surface area contributed by atoms with E-state index < -0.39 is 41.3 Å². The van der Waals surface area contributed by atoms with Crippen molar-refractivity contribution in [1.82, 2.24) is 9.55 Å². The molecule has 8 nitrogen and oxygen atoms in total. The molecule has 0 unspecified atom stereocenters. The number of benzene rings is 1. The van der Waals surface area contributed by atoms with Crippen molar-refractivity contribution in [3.63, 3.8) is 0 Å². The maximum absolute atomic E-state index is 15.2. The minimum atomic E-state index is -2.36. The van der Waals surface area contributed by atoms with Gasteiger partial charge in [-0.2, -0.15) is 0 Å². The first-order valence-corrected chi connectivity index (χ1v) is 7.81. The first kappa shape index (κ1) is 18.0. The van der Waals surface area contributed by atoms with Gasteiger partial charge in [-0.25, -0.2) is 14.0 Å². The Morgan fingerprint density at radius 2 is 2.04 bits per heavy atom. The molecule has 1 fully saturated rings. The minimum Gasteiger partial charge on any atom is -0.478 e. The lowest BCUT2D eigenvalue weighted by atomic mass is 9.91. The van der Waals surface area contributed by atoms with Crippen molar-refractivity contribution in [3.05, 3.63) is 68.0 Å². The summed E-state index contributed by atoms with van der Waals surface area (Å²) in [6.45, 7) is 2.61. The fraction of sp³-hybridized carbons (Fsp3) is 0.353. The largest absolute Gasteiger partial charge is 0.478 e. The van der Waals surface area contributed by atoms with Gasteiger partial charge in [-0.05, 0) is 31.0 Å². The molecule has 9 heteroatoms. The first-order chi connectivity index (χ1) is 12.1. The summed E-state index contributed by atoms with van der Waals surface area (Å²) in [4.78, 5) is 36.5. The third kappa shape index (κ3) is 2.74. The lowest BCUT2D eigenvalue weighted by molar-refractivity contribution is -0.0514. The molecule has 0 aliphatic carbocycles. The Morgan fingerprint density at radius 1 is 1.35 bits per heavy atom. The number of alkyl halides is 1. The number of carboxylic acids is 1. The third-order valence-corrected chi connectivity index (χ3v) is 4.64. The highest BCUT2D eigenvalue weighted by Crippen LogP contribution is 2.47. The summed E-state index contributed by atoms with van der Waals surface area (Å²) in [6.07, 6.45) is -3.26. The quantitative estimate of drug-likeness (QED) is 0.744. The summed E-state index contributed by atoms with van der Waals surface area (Å²) in [5, 5.41) is 19.7.